The van der Waals surface area contributed by atoms with Crippen LogP contribution in [0.25, 0.3) is 22.2 Å². The van der Waals surface area contributed by atoms with Gasteiger partial charge in [0.05, 0.1) is 25.4 Å². The van der Waals surface area contributed by atoms with Crippen LogP contribution in [0.15, 0.2) is 48.5 Å². The molecule has 0 atom stereocenters. The molecule has 0 aliphatic heterocycles. The molecule has 116 valence electrons. The summed E-state index contributed by atoms with van der Waals surface area (Å²) in [5.41, 5.74) is 2.44. The quantitative estimate of drug-likeness (QED) is 0.670. The van der Waals surface area contributed by atoms with Crippen molar-refractivity contribution in [2.75, 3.05) is 14.2 Å². The highest BCUT2D eigenvalue weighted by atomic mass is 35.5. The average Bonchev–Trinajstić information content (AvgIpc) is 2.60. The molecule has 1 aromatic heterocycles. The molecule has 0 fully saturated rings. The second-order valence-corrected chi connectivity index (χ2v) is 5.26. The van der Waals surface area contributed by atoms with Gasteiger partial charge in [-0.25, -0.2) is 4.98 Å². The number of fused-ring (bicyclic) bond motifs is 1. The maximum atomic E-state index is 11.8. The van der Waals surface area contributed by atoms with Crippen LogP contribution in [0.4, 0.5) is 0 Å². The van der Waals surface area contributed by atoms with Crippen LogP contribution in [0.5, 0.6) is 11.5 Å². The minimum absolute atomic E-state index is 0.414. The topological polar surface area (TPSA) is 48.4 Å². The Balaban J connectivity index is 2.30. The lowest BCUT2D eigenvalue weighted by Gasteiger charge is -2.12. The first-order valence-electron chi connectivity index (χ1n) is 6.96. The minimum atomic E-state index is -0.522. The Morgan fingerprint density at radius 3 is 2.52 bits per heavy atom. The molecule has 0 N–H and O–H groups in total. The van der Waals surface area contributed by atoms with E-state index < -0.39 is 5.24 Å². The Hall–Kier alpha value is -2.59. The number of aromatic nitrogens is 1. The highest BCUT2D eigenvalue weighted by molar-refractivity contribution is 6.68. The number of methoxy groups -OCH3 is 2. The maximum absolute atomic E-state index is 11.8. The number of para-hydroxylation sites is 1. The largest absolute Gasteiger partial charge is 0.497 e. The predicted molar refractivity (Wildman–Crippen MR) is 90.5 cm³/mol. The van der Waals surface area contributed by atoms with Gasteiger partial charge in [-0.3, -0.25) is 4.79 Å². The van der Waals surface area contributed by atoms with Crippen molar-refractivity contribution in [3.63, 3.8) is 0 Å². The lowest BCUT2D eigenvalue weighted by molar-refractivity contribution is 0.108. The first-order chi connectivity index (χ1) is 11.1. The van der Waals surface area contributed by atoms with E-state index in [1.54, 1.807) is 32.4 Å². The Bertz CT molecular complexity index is 893. The first kappa shape index (κ1) is 15.3. The monoisotopic (exact) mass is 327 g/mol. The summed E-state index contributed by atoms with van der Waals surface area (Å²) >= 11 is 5.75. The number of benzene rings is 2. The third-order valence-electron chi connectivity index (χ3n) is 3.61. The van der Waals surface area contributed by atoms with Gasteiger partial charge in [-0.05, 0) is 41.9 Å². The molecule has 23 heavy (non-hydrogen) atoms. The van der Waals surface area contributed by atoms with Gasteiger partial charge in [-0.2, -0.15) is 0 Å². The van der Waals surface area contributed by atoms with Crippen molar-refractivity contribution in [1.29, 1.82) is 0 Å². The highest BCUT2D eigenvalue weighted by Gasteiger charge is 2.15. The van der Waals surface area contributed by atoms with Crippen LogP contribution in [0.2, 0.25) is 0 Å². The third kappa shape index (κ3) is 2.85. The molecule has 0 unspecified atom stereocenters. The van der Waals surface area contributed by atoms with Crippen molar-refractivity contribution in [2.45, 2.75) is 0 Å². The van der Waals surface area contributed by atoms with Crippen molar-refractivity contribution >= 4 is 27.7 Å². The summed E-state index contributed by atoms with van der Waals surface area (Å²) in [6.45, 7) is 0. The molecule has 4 nitrogen and oxygen atoms in total. The molecular weight excluding hydrogens is 314 g/mol. The van der Waals surface area contributed by atoms with Gasteiger partial charge in [-0.15, -0.1) is 0 Å². The summed E-state index contributed by atoms with van der Waals surface area (Å²) in [5, 5.41) is 0.199. The molecule has 0 saturated carbocycles. The zero-order valence-electron chi connectivity index (χ0n) is 12.7. The highest BCUT2D eigenvalue weighted by Crippen LogP contribution is 2.34. The van der Waals surface area contributed by atoms with Gasteiger partial charge in [0.15, 0.2) is 0 Å². The molecule has 0 bridgehead atoms. The number of hydrogen-bond donors (Lipinski definition) is 0. The van der Waals surface area contributed by atoms with Crippen LogP contribution in [-0.4, -0.2) is 24.4 Å². The molecule has 3 rings (SSSR count). The van der Waals surface area contributed by atoms with Crippen LogP contribution in [0, 0.1) is 0 Å². The molecule has 5 heteroatoms. The summed E-state index contributed by atoms with van der Waals surface area (Å²) in [4.78, 5) is 16.4. The summed E-state index contributed by atoms with van der Waals surface area (Å²) in [6, 6.07) is 14.5. The van der Waals surface area contributed by atoms with Gasteiger partial charge in [-0.1, -0.05) is 18.2 Å². The summed E-state index contributed by atoms with van der Waals surface area (Å²) < 4.78 is 10.7. The fourth-order valence-corrected chi connectivity index (χ4v) is 2.65. The smallest absolute Gasteiger partial charge is 0.253 e. The number of pyridine rings is 1. The lowest BCUT2D eigenvalue weighted by atomic mass is 10.0. The van der Waals surface area contributed by atoms with Crippen molar-refractivity contribution in [3.05, 3.63) is 54.1 Å². The van der Waals surface area contributed by atoms with E-state index in [0.717, 1.165) is 10.9 Å². The lowest BCUT2D eigenvalue weighted by Crippen LogP contribution is -1.97. The van der Waals surface area contributed by atoms with Crippen LogP contribution in [0.1, 0.15) is 10.4 Å². The molecule has 1 heterocycles. The summed E-state index contributed by atoms with van der Waals surface area (Å²) in [6.07, 6.45) is 0. The SMILES string of the molecule is COc1ccc(OC)c(-c2cc(C(=O)Cl)c3ccccc3n2)c1. The van der Waals surface area contributed by atoms with Crippen LogP contribution < -0.4 is 9.47 Å². The van der Waals surface area contributed by atoms with Crippen LogP contribution in [0.3, 0.4) is 0 Å². The Kier molecular flexibility index (Phi) is 4.17. The molecule has 3 aromatic rings. The van der Waals surface area contributed by atoms with Gasteiger partial charge in [0.1, 0.15) is 11.5 Å². The van der Waals surface area contributed by atoms with Crippen molar-refractivity contribution < 1.29 is 14.3 Å². The molecule has 2 aromatic carbocycles. The Morgan fingerprint density at radius 2 is 1.83 bits per heavy atom. The van der Waals surface area contributed by atoms with E-state index in [2.05, 4.69) is 4.98 Å². The van der Waals surface area contributed by atoms with Crippen molar-refractivity contribution in [1.82, 2.24) is 4.98 Å². The van der Waals surface area contributed by atoms with E-state index in [0.29, 0.717) is 28.3 Å². The Labute approximate surface area is 138 Å². The third-order valence-corrected chi connectivity index (χ3v) is 3.81. The standard InChI is InChI=1S/C18H14ClNO3/c1-22-11-7-8-17(23-2)14(9-11)16-10-13(18(19)21)12-5-3-4-6-15(12)20-16/h3-10H,1-2H3. The van der Waals surface area contributed by atoms with Crippen molar-refractivity contribution in [3.8, 4) is 22.8 Å². The molecule has 0 aliphatic carbocycles. The predicted octanol–water partition coefficient (Wildman–Crippen LogP) is 4.30. The number of carbonyl (C=O) groups is 1. The normalized spacial score (nSPS) is 10.6. The zero-order chi connectivity index (χ0) is 16.4. The van der Waals surface area contributed by atoms with Gasteiger partial charge < -0.3 is 9.47 Å². The molecule has 0 radical (unpaired) electrons. The average molecular weight is 328 g/mol. The second-order valence-electron chi connectivity index (χ2n) is 4.91. The fourth-order valence-electron chi connectivity index (χ4n) is 2.49. The number of rotatable bonds is 4. The van der Waals surface area contributed by atoms with Gasteiger partial charge in [0.2, 0.25) is 0 Å². The number of hydrogen-bond acceptors (Lipinski definition) is 4. The van der Waals surface area contributed by atoms with Crippen LogP contribution in [-0.2, 0) is 0 Å². The number of halogens is 1. The van der Waals surface area contributed by atoms with Gasteiger partial charge in [0, 0.05) is 16.5 Å². The van der Waals surface area contributed by atoms with Gasteiger partial charge >= 0.3 is 0 Å². The van der Waals surface area contributed by atoms with E-state index in [1.165, 1.54) is 0 Å². The number of nitrogens with zero attached hydrogens (tertiary/aromatic N) is 1. The second kappa shape index (κ2) is 6.26. The zero-order valence-corrected chi connectivity index (χ0v) is 13.4. The minimum Gasteiger partial charge on any atom is -0.497 e. The fraction of sp³-hybridized carbons (Fsp3) is 0.111. The summed E-state index contributed by atoms with van der Waals surface area (Å²) in [5.74, 6) is 1.32. The number of ether oxygens (including phenoxy) is 2. The molecule has 0 amide bonds. The van der Waals surface area contributed by atoms with Crippen molar-refractivity contribution in [2.24, 2.45) is 0 Å². The van der Waals surface area contributed by atoms with Gasteiger partial charge in [0.25, 0.3) is 5.24 Å². The molecule has 0 aliphatic rings. The molecule has 0 spiro atoms. The van der Waals surface area contributed by atoms with E-state index in [1.807, 2.05) is 30.3 Å². The molecular formula is C18H14ClNO3. The number of carbonyl (C=O) groups excluding carboxylic acids is 1. The van der Waals surface area contributed by atoms with E-state index in [-0.39, 0.29) is 0 Å². The maximum Gasteiger partial charge on any atom is 0.253 e. The van der Waals surface area contributed by atoms with E-state index >= 15 is 0 Å². The van der Waals surface area contributed by atoms with E-state index in [4.69, 9.17) is 21.1 Å². The van der Waals surface area contributed by atoms with Crippen LogP contribution >= 0.6 is 11.6 Å². The van der Waals surface area contributed by atoms with E-state index in [9.17, 15) is 4.79 Å². The first-order valence-corrected chi connectivity index (χ1v) is 7.34. The molecule has 0 saturated heterocycles. The Morgan fingerprint density at radius 1 is 1.04 bits per heavy atom. The summed E-state index contributed by atoms with van der Waals surface area (Å²) in [7, 11) is 3.17.